The molecule has 0 N–H and O–H groups in total. The minimum absolute atomic E-state index is 0.00271. The Hall–Kier alpha value is -8.60. The molecule has 616 valence electrons. The molecule has 0 bridgehead atoms. The van der Waals surface area contributed by atoms with Crippen LogP contribution in [0.5, 0.6) is 46.0 Å². The van der Waals surface area contributed by atoms with Crippen LogP contribution in [0.2, 0.25) is 0 Å². The predicted molar refractivity (Wildman–Crippen MR) is 478 cm³/mol. The highest BCUT2D eigenvalue weighted by molar-refractivity contribution is 7.98. The van der Waals surface area contributed by atoms with Gasteiger partial charge >= 0.3 is 0 Å². The molecule has 0 radical (unpaired) electrons. The molecule has 9 aromatic rings. The van der Waals surface area contributed by atoms with E-state index in [1.54, 1.807) is 47.8 Å². The van der Waals surface area contributed by atoms with Gasteiger partial charge in [-0.25, -0.2) is 0 Å². The number of fused-ring (bicyclic) bond motifs is 2. The van der Waals surface area contributed by atoms with Crippen LogP contribution in [0, 0.1) is 21.7 Å². The molecule has 6 amide bonds. The number of rotatable bonds is 26. The standard InChI is InChI=1S/C100H124N4O10S2/c1-93(2,3)57-97(13,14)61-29-37-65(38-30-61)111-75-53-69-79-70(88(106)103(87(69)105)73(45-51-115-21)91(109)101-47-25-23-26-48-101)55-77(113-67-41-33-63(34-42-67)99(17,18)59-95(7,8)9)83-84-78(114-68-43-35-64(36-44-68)100(19,20)60-96(10,11)12)56-72-80-71(89(107)104(90(72)108)74(46-52-116-22)92(110)102-49-27-24-28-50-102)54-76(82(86(80)84)81(75)85(79)83)112-66-39-31-62(32-40-66)98(15,16)58-94(4,5)6/h29-44,53-56,73-74H,23-28,45-52,57-60H2,1-22H3. The van der Waals surface area contributed by atoms with Crippen LogP contribution in [0.15, 0.2) is 121 Å². The topological polar surface area (TPSA) is 152 Å². The number of amides is 6. The van der Waals surface area contributed by atoms with E-state index in [0.717, 1.165) is 86.5 Å². The fourth-order valence-corrected chi connectivity index (χ4v) is 21.3. The molecule has 0 saturated carbocycles. The third-order valence-electron chi connectivity index (χ3n) is 24.0. The number of piperidine rings is 2. The summed E-state index contributed by atoms with van der Waals surface area (Å²) in [6, 6.07) is 36.8. The molecule has 4 aliphatic rings. The van der Waals surface area contributed by atoms with Gasteiger partial charge in [0.25, 0.3) is 23.6 Å². The zero-order chi connectivity index (χ0) is 83.9. The second-order valence-corrected chi connectivity index (χ2v) is 43.0. The van der Waals surface area contributed by atoms with Gasteiger partial charge in [0.15, 0.2) is 0 Å². The number of hydrogen-bond acceptors (Lipinski definition) is 12. The maximum Gasteiger partial charge on any atom is 0.262 e. The second kappa shape index (κ2) is 32.3. The third kappa shape index (κ3) is 17.6. The molecule has 2 atom stereocenters. The normalized spacial score (nSPS) is 16.2. The Balaban J connectivity index is 1.20. The summed E-state index contributed by atoms with van der Waals surface area (Å²) in [6.07, 6.45) is 13.0. The van der Waals surface area contributed by atoms with E-state index < -0.39 is 35.7 Å². The number of imide groups is 2. The molecule has 0 aromatic heterocycles. The maximum atomic E-state index is 16.8. The largest absolute Gasteiger partial charge is 0.457 e. The molecule has 9 aromatic carbocycles. The highest BCUT2D eigenvalue weighted by Gasteiger charge is 2.48. The van der Waals surface area contributed by atoms with E-state index in [4.69, 9.17) is 18.9 Å². The Kier molecular flexibility index (Phi) is 23.7. The van der Waals surface area contributed by atoms with Crippen molar-refractivity contribution in [2.45, 2.75) is 249 Å². The van der Waals surface area contributed by atoms with Gasteiger partial charge < -0.3 is 28.7 Å². The molecule has 2 fully saturated rings. The summed E-state index contributed by atoms with van der Waals surface area (Å²) in [5.74, 6) is 0.183. The second-order valence-electron chi connectivity index (χ2n) is 41.0. The number of benzene rings is 9. The molecule has 0 spiro atoms. The highest BCUT2D eigenvalue weighted by Crippen LogP contribution is 2.59. The Labute approximate surface area is 697 Å². The summed E-state index contributed by atoms with van der Waals surface area (Å²) < 4.78 is 30.4. The monoisotopic (exact) mass is 1600 g/mol. The smallest absolute Gasteiger partial charge is 0.262 e. The van der Waals surface area contributed by atoms with E-state index in [1.807, 2.05) is 70.8 Å². The molecular weight excluding hydrogens is 1480 g/mol. The molecule has 4 heterocycles. The van der Waals surface area contributed by atoms with E-state index in [0.29, 0.717) is 93.0 Å². The van der Waals surface area contributed by atoms with Gasteiger partial charge in [-0.2, -0.15) is 23.5 Å². The first-order valence-corrected chi connectivity index (χ1v) is 45.0. The minimum atomic E-state index is -1.17. The van der Waals surface area contributed by atoms with Crippen molar-refractivity contribution in [3.05, 3.63) is 166 Å². The molecule has 2 saturated heterocycles. The van der Waals surface area contributed by atoms with Gasteiger partial charge in [-0.1, -0.05) is 187 Å². The molecule has 0 aliphatic carbocycles. The minimum Gasteiger partial charge on any atom is -0.457 e. The lowest BCUT2D eigenvalue weighted by Crippen LogP contribution is -2.55. The number of carbonyl (C=O) groups is 6. The number of carbonyl (C=O) groups excluding carboxylic acids is 6. The van der Waals surface area contributed by atoms with E-state index in [9.17, 15) is 0 Å². The van der Waals surface area contributed by atoms with Gasteiger partial charge in [0, 0.05) is 69.3 Å². The summed E-state index contributed by atoms with van der Waals surface area (Å²) >= 11 is 3.09. The summed E-state index contributed by atoms with van der Waals surface area (Å²) in [6.45, 7) is 47.0. The molecule has 16 heteroatoms. The van der Waals surface area contributed by atoms with E-state index in [1.165, 1.54) is 9.80 Å². The number of likely N-dealkylation sites (tertiary alicyclic amines) is 2. The predicted octanol–water partition coefficient (Wildman–Crippen LogP) is 25.2. The van der Waals surface area contributed by atoms with Crippen molar-refractivity contribution >= 4 is 102 Å². The Morgan fingerprint density at radius 2 is 0.534 bits per heavy atom. The zero-order valence-corrected chi connectivity index (χ0v) is 74.8. The van der Waals surface area contributed by atoms with Crippen LogP contribution < -0.4 is 18.9 Å². The van der Waals surface area contributed by atoms with Crippen LogP contribution >= 0.6 is 23.5 Å². The third-order valence-corrected chi connectivity index (χ3v) is 25.3. The quantitative estimate of drug-likeness (QED) is 0.0288. The van der Waals surface area contributed by atoms with Crippen molar-refractivity contribution in [3.8, 4) is 46.0 Å². The zero-order valence-electron chi connectivity index (χ0n) is 73.1. The molecule has 14 nitrogen and oxygen atoms in total. The van der Waals surface area contributed by atoms with Gasteiger partial charge in [-0.05, 0) is 239 Å². The van der Waals surface area contributed by atoms with Gasteiger partial charge in [0.05, 0.1) is 22.3 Å². The first kappa shape index (κ1) is 85.3. The first-order valence-electron chi connectivity index (χ1n) is 42.2. The number of nitrogens with zero attached hydrogens (tertiary/aromatic N) is 4. The maximum absolute atomic E-state index is 16.8. The van der Waals surface area contributed by atoms with Crippen LogP contribution in [0.4, 0.5) is 0 Å². The average Bonchev–Trinajstić information content (AvgIpc) is 0.669. The Morgan fingerprint density at radius 3 is 0.733 bits per heavy atom. The van der Waals surface area contributed by atoms with Gasteiger partial charge in [-0.15, -0.1) is 0 Å². The summed E-state index contributed by atoms with van der Waals surface area (Å²) in [7, 11) is 0. The Morgan fingerprint density at radius 1 is 0.319 bits per heavy atom. The van der Waals surface area contributed by atoms with Crippen molar-refractivity contribution in [2.24, 2.45) is 21.7 Å². The van der Waals surface area contributed by atoms with Gasteiger partial charge in [0.1, 0.15) is 58.1 Å². The van der Waals surface area contributed by atoms with E-state index >= 15 is 28.8 Å². The summed E-state index contributed by atoms with van der Waals surface area (Å²) in [5, 5.41) is 2.84. The van der Waals surface area contributed by atoms with Crippen LogP contribution in [0.3, 0.4) is 0 Å². The van der Waals surface area contributed by atoms with Crippen LogP contribution in [-0.4, -0.2) is 117 Å². The van der Waals surface area contributed by atoms with Crippen LogP contribution in [-0.2, 0) is 31.2 Å². The lowest BCUT2D eigenvalue weighted by molar-refractivity contribution is -0.137. The lowest BCUT2D eigenvalue weighted by Gasteiger charge is -2.38. The first-order chi connectivity index (χ1) is 54.4. The number of thioether (sulfide) groups is 2. The number of hydrogen-bond donors (Lipinski definition) is 0. The van der Waals surface area contributed by atoms with Crippen molar-refractivity contribution < 1.29 is 47.7 Å². The van der Waals surface area contributed by atoms with Crippen LogP contribution in [0.1, 0.15) is 279 Å². The van der Waals surface area contributed by atoms with E-state index in [-0.39, 0.29) is 124 Å². The molecule has 116 heavy (non-hydrogen) atoms. The van der Waals surface area contributed by atoms with Crippen molar-refractivity contribution in [1.82, 2.24) is 19.6 Å². The van der Waals surface area contributed by atoms with E-state index in [2.05, 4.69) is 187 Å². The Bertz CT molecular complexity index is 4630. The summed E-state index contributed by atoms with van der Waals surface area (Å²) in [4.78, 5) is 104. The molecule has 4 aliphatic heterocycles. The highest BCUT2D eigenvalue weighted by atomic mass is 32.2. The fraction of sp³-hybridized carbons (Fsp3) is 0.500. The SMILES string of the molecule is CSCCC(C(=O)N1CCCCC1)N1C(=O)c2cc(Oc3ccc(C(C)(C)CC(C)(C)C)cc3)c3c4c(Oc5ccc(C(C)(C)CC(C)(C)C)cc5)cc5c6c(cc(Oc7ccc(C(C)(C)CC(C)(C)C)cc7)c(c7c(Oc8ccc(C(C)(C)CC(C)(C)C)cc8)cc(c2c37)C1=O)c64)C(=O)N(C(CCSC)C(=O)N1CCCCC1)C5=O. The molecule has 13 rings (SSSR count). The van der Waals surface area contributed by atoms with Crippen molar-refractivity contribution in [2.75, 3.05) is 50.2 Å². The fourth-order valence-electron chi connectivity index (χ4n) is 20.4. The van der Waals surface area contributed by atoms with Crippen LogP contribution in [0.25, 0.3) is 43.1 Å². The molecule has 2 unspecified atom stereocenters. The summed E-state index contributed by atoms with van der Waals surface area (Å²) in [5.41, 5.74) is 3.85. The van der Waals surface area contributed by atoms with Crippen molar-refractivity contribution in [1.29, 1.82) is 0 Å². The number of ether oxygens (including phenoxy) is 4. The average molecular weight is 1610 g/mol. The van der Waals surface area contributed by atoms with Gasteiger partial charge in [-0.3, -0.25) is 38.6 Å². The van der Waals surface area contributed by atoms with Crippen molar-refractivity contribution in [3.63, 3.8) is 0 Å². The van der Waals surface area contributed by atoms with Gasteiger partial charge in [0.2, 0.25) is 11.8 Å². The molecular formula is C100H124N4O10S2. The lowest BCUT2D eigenvalue weighted by atomic mass is 9.72.